The molecule has 0 saturated heterocycles. The molecule has 168 valence electrons. The lowest BCUT2D eigenvalue weighted by atomic mass is 10.2. The van der Waals surface area contributed by atoms with E-state index in [4.69, 9.17) is 20.8 Å². The van der Waals surface area contributed by atoms with Gasteiger partial charge in [0.05, 0.1) is 18.3 Å². The second kappa shape index (κ2) is 10.3. The number of methoxy groups -OCH3 is 1. The highest BCUT2D eigenvalue weighted by molar-refractivity contribution is 7.91. The Kier molecular flexibility index (Phi) is 7.55. The van der Waals surface area contributed by atoms with Crippen LogP contribution in [0.3, 0.4) is 0 Å². The monoisotopic (exact) mass is 476 g/mol. The van der Waals surface area contributed by atoms with Gasteiger partial charge in [-0.2, -0.15) is 0 Å². The highest BCUT2D eigenvalue weighted by atomic mass is 35.5. The van der Waals surface area contributed by atoms with Crippen LogP contribution in [0.4, 0.5) is 0 Å². The molecule has 0 bridgehead atoms. The van der Waals surface area contributed by atoms with Gasteiger partial charge in [0, 0.05) is 18.1 Å². The minimum Gasteiger partial charge on any atom is -0.497 e. The van der Waals surface area contributed by atoms with E-state index in [1.165, 1.54) is 43.7 Å². The van der Waals surface area contributed by atoms with Gasteiger partial charge in [-0.25, -0.2) is 8.42 Å². The van der Waals surface area contributed by atoms with E-state index in [1.807, 2.05) is 0 Å². The molecule has 0 aliphatic rings. The van der Waals surface area contributed by atoms with Gasteiger partial charge in [-0.3, -0.25) is 9.59 Å². The van der Waals surface area contributed by atoms with Gasteiger partial charge in [-0.05, 0) is 54.1 Å². The predicted molar refractivity (Wildman–Crippen MR) is 118 cm³/mol. The normalized spacial score (nSPS) is 12.1. The molecule has 3 rings (SSSR count). The zero-order valence-corrected chi connectivity index (χ0v) is 18.7. The van der Waals surface area contributed by atoms with Crippen LogP contribution in [0.5, 0.6) is 5.75 Å². The zero-order chi connectivity index (χ0) is 23.1. The number of carbonyl (C=O) groups excluding carboxylic acids is 2. The number of ether oxygens (including phenoxy) is 1. The van der Waals surface area contributed by atoms with Crippen LogP contribution >= 0.6 is 11.6 Å². The van der Waals surface area contributed by atoms with Crippen molar-refractivity contribution in [1.82, 2.24) is 10.6 Å². The number of rotatable bonds is 8. The van der Waals surface area contributed by atoms with Crippen LogP contribution in [0.2, 0.25) is 5.02 Å². The second-order valence-electron chi connectivity index (χ2n) is 6.75. The molecule has 0 unspecified atom stereocenters. The molecule has 0 aliphatic heterocycles. The van der Waals surface area contributed by atoms with Crippen molar-refractivity contribution in [3.05, 3.63) is 83.3 Å². The Balaban J connectivity index is 1.67. The third kappa shape index (κ3) is 5.68. The maximum atomic E-state index is 13.1. The number of benzene rings is 2. The van der Waals surface area contributed by atoms with Crippen molar-refractivity contribution in [2.24, 2.45) is 0 Å². The molecule has 2 aromatic carbocycles. The molecule has 0 radical (unpaired) electrons. The van der Waals surface area contributed by atoms with Crippen molar-refractivity contribution in [3.8, 4) is 5.75 Å². The van der Waals surface area contributed by atoms with Crippen LogP contribution < -0.4 is 15.4 Å². The number of carbonyl (C=O) groups is 2. The van der Waals surface area contributed by atoms with E-state index < -0.39 is 26.9 Å². The smallest absolute Gasteiger partial charge is 0.309 e. The molecular formula is C22H21ClN2O6S. The quantitative estimate of drug-likeness (QED) is 0.483. The number of hydrogen-bond acceptors (Lipinski definition) is 6. The van der Waals surface area contributed by atoms with Crippen molar-refractivity contribution in [1.29, 1.82) is 0 Å². The third-order valence-electron chi connectivity index (χ3n) is 4.62. The first kappa shape index (κ1) is 23.4. The largest absolute Gasteiger partial charge is 0.497 e. The van der Waals surface area contributed by atoms with Gasteiger partial charge in [-0.1, -0.05) is 23.7 Å². The van der Waals surface area contributed by atoms with Crippen LogP contribution in [-0.2, 0) is 26.0 Å². The summed E-state index contributed by atoms with van der Waals surface area (Å²) in [6.45, 7) is -0.252. The standard InChI is InChI=1S/C22H21ClN2O6S/c1-30-17-5-2-4-15(12-17)13-24-21(26)22(27)25-14-20(19-6-3-11-31-19)32(28,29)18-9-7-16(23)8-10-18/h2-12,20H,13-14H2,1H3,(H,24,26)(H,25,27)/t20-/m1/s1. The van der Waals surface area contributed by atoms with E-state index >= 15 is 0 Å². The highest BCUT2D eigenvalue weighted by Crippen LogP contribution is 2.29. The number of furan rings is 1. The summed E-state index contributed by atoms with van der Waals surface area (Å²) in [6.07, 6.45) is 1.34. The fourth-order valence-electron chi connectivity index (χ4n) is 2.94. The lowest BCUT2D eigenvalue weighted by Crippen LogP contribution is -2.42. The maximum absolute atomic E-state index is 13.1. The molecule has 10 heteroatoms. The molecule has 1 heterocycles. The number of halogens is 1. The summed E-state index contributed by atoms with van der Waals surface area (Å²) in [7, 11) is -2.41. The lowest BCUT2D eigenvalue weighted by Gasteiger charge is -2.16. The molecule has 1 aromatic heterocycles. The van der Waals surface area contributed by atoms with E-state index in [1.54, 1.807) is 30.3 Å². The Labute approximate surface area is 190 Å². The van der Waals surface area contributed by atoms with Crippen molar-refractivity contribution in [2.75, 3.05) is 13.7 Å². The minimum absolute atomic E-state index is 0.0139. The molecule has 0 spiro atoms. The fraction of sp³-hybridized carbons (Fsp3) is 0.182. The number of nitrogens with one attached hydrogen (secondary N) is 2. The average Bonchev–Trinajstić information content (AvgIpc) is 3.32. The Morgan fingerprint density at radius 1 is 1.03 bits per heavy atom. The molecule has 3 aromatic rings. The molecule has 2 N–H and O–H groups in total. The molecule has 1 atom stereocenters. The van der Waals surface area contributed by atoms with Gasteiger partial charge in [0.25, 0.3) is 0 Å². The van der Waals surface area contributed by atoms with Crippen LogP contribution in [0, 0.1) is 0 Å². The first-order chi connectivity index (χ1) is 15.3. The van der Waals surface area contributed by atoms with Gasteiger partial charge in [0.2, 0.25) is 0 Å². The van der Waals surface area contributed by atoms with Crippen LogP contribution in [0.15, 0.2) is 76.2 Å². The second-order valence-corrected chi connectivity index (χ2v) is 9.31. The number of sulfone groups is 1. The Morgan fingerprint density at radius 3 is 2.41 bits per heavy atom. The summed E-state index contributed by atoms with van der Waals surface area (Å²) in [5.74, 6) is -1.10. The van der Waals surface area contributed by atoms with Gasteiger partial charge in [0.1, 0.15) is 16.8 Å². The molecule has 32 heavy (non-hydrogen) atoms. The first-order valence-corrected chi connectivity index (χ1v) is 11.5. The van der Waals surface area contributed by atoms with Crippen LogP contribution in [0.1, 0.15) is 16.6 Å². The molecule has 0 saturated carbocycles. The van der Waals surface area contributed by atoms with E-state index in [0.717, 1.165) is 5.56 Å². The Hall–Kier alpha value is -3.30. The zero-order valence-electron chi connectivity index (χ0n) is 17.1. The average molecular weight is 477 g/mol. The summed E-state index contributed by atoms with van der Waals surface area (Å²) in [6, 6.07) is 15.7. The van der Waals surface area contributed by atoms with Crippen molar-refractivity contribution >= 4 is 33.3 Å². The predicted octanol–water partition coefficient (Wildman–Crippen LogP) is 2.89. The highest BCUT2D eigenvalue weighted by Gasteiger charge is 2.32. The van der Waals surface area contributed by atoms with Gasteiger partial charge < -0.3 is 19.8 Å². The van der Waals surface area contributed by atoms with Crippen LogP contribution in [0.25, 0.3) is 0 Å². The summed E-state index contributed by atoms with van der Waals surface area (Å²) in [5.41, 5.74) is 0.740. The van der Waals surface area contributed by atoms with Crippen molar-refractivity contribution < 1.29 is 27.2 Å². The molecule has 0 fully saturated rings. The van der Waals surface area contributed by atoms with Crippen molar-refractivity contribution in [2.45, 2.75) is 16.7 Å². The maximum Gasteiger partial charge on any atom is 0.309 e. The summed E-state index contributed by atoms with van der Waals surface area (Å²) < 4.78 is 36.7. The SMILES string of the molecule is COc1cccc(CNC(=O)C(=O)NC[C@H](c2ccco2)S(=O)(=O)c2ccc(Cl)cc2)c1. The van der Waals surface area contributed by atoms with Gasteiger partial charge in [0.15, 0.2) is 9.84 Å². The van der Waals surface area contributed by atoms with E-state index in [2.05, 4.69) is 10.6 Å². The van der Waals surface area contributed by atoms with Gasteiger partial charge in [-0.15, -0.1) is 0 Å². The first-order valence-electron chi connectivity index (χ1n) is 9.53. The summed E-state index contributed by atoms with van der Waals surface area (Å²) in [5, 5.41) is 4.03. The summed E-state index contributed by atoms with van der Waals surface area (Å²) in [4.78, 5) is 24.5. The molecule has 2 amide bonds. The Bertz CT molecular complexity index is 1180. The lowest BCUT2D eigenvalue weighted by molar-refractivity contribution is -0.139. The van der Waals surface area contributed by atoms with Crippen molar-refractivity contribution in [3.63, 3.8) is 0 Å². The summed E-state index contributed by atoms with van der Waals surface area (Å²) >= 11 is 5.85. The number of hydrogen-bond donors (Lipinski definition) is 2. The fourth-order valence-corrected chi connectivity index (χ4v) is 4.65. The van der Waals surface area contributed by atoms with Gasteiger partial charge >= 0.3 is 11.8 Å². The molecule has 0 aliphatic carbocycles. The van der Waals surface area contributed by atoms with Crippen LogP contribution in [-0.4, -0.2) is 33.9 Å². The topological polar surface area (TPSA) is 115 Å². The third-order valence-corrected chi connectivity index (χ3v) is 6.95. The molecular weight excluding hydrogens is 456 g/mol. The number of amides is 2. The Morgan fingerprint density at radius 2 is 1.75 bits per heavy atom. The van der Waals surface area contributed by atoms with E-state index in [-0.39, 0.29) is 23.7 Å². The molecule has 8 nitrogen and oxygen atoms in total. The van der Waals surface area contributed by atoms with E-state index in [9.17, 15) is 18.0 Å². The minimum atomic E-state index is -3.94. The van der Waals surface area contributed by atoms with E-state index in [0.29, 0.717) is 10.8 Å².